The molecule has 3 N–H and O–H groups in total. The highest BCUT2D eigenvalue weighted by molar-refractivity contribution is 6.07. The quantitative estimate of drug-likeness (QED) is 0.0966. The van der Waals surface area contributed by atoms with E-state index in [1.807, 2.05) is 65.8 Å². The van der Waals surface area contributed by atoms with Gasteiger partial charge in [-0.25, -0.2) is 8.78 Å². The Bertz CT molecular complexity index is 1530. The van der Waals surface area contributed by atoms with E-state index in [2.05, 4.69) is 0 Å². The Morgan fingerprint density at radius 3 is 1.56 bits per heavy atom. The first-order chi connectivity index (χ1) is 25.1. The van der Waals surface area contributed by atoms with Crippen LogP contribution in [0.1, 0.15) is 133 Å². The molecule has 6 nitrogen and oxygen atoms in total. The fourth-order valence-electron chi connectivity index (χ4n) is 5.64. The molecule has 310 valence electrons. The number of carbonyl (C=O) groups excluding carboxylic acids is 2. The predicted octanol–water partition coefficient (Wildman–Crippen LogP) is 10.9. The molecule has 1 fully saturated rings. The number of hydrogen-bond acceptors (Lipinski definition) is 5. The molecule has 0 aromatic heterocycles. The van der Waals surface area contributed by atoms with Crippen molar-refractivity contribution >= 4 is 11.7 Å². The van der Waals surface area contributed by atoms with E-state index < -0.39 is 23.8 Å². The van der Waals surface area contributed by atoms with Gasteiger partial charge in [-0.3, -0.25) is 9.59 Å². The van der Waals surface area contributed by atoms with Gasteiger partial charge in [0.15, 0.2) is 11.4 Å². The molecule has 1 aliphatic heterocycles. The van der Waals surface area contributed by atoms with Gasteiger partial charge < -0.3 is 20.2 Å². The molecule has 3 aromatic rings. The van der Waals surface area contributed by atoms with Crippen LogP contribution in [0.4, 0.5) is 22.0 Å². The lowest BCUT2D eigenvalue weighted by molar-refractivity contribution is -0.269. The first-order valence-corrected chi connectivity index (χ1v) is 18.6. The van der Waals surface area contributed by atoms with Crippen molar-refractivity contribution in [2.45, 2.75) is 157 Å². The van der Waals surface area contributed by atoms with Crippen LogP contribution >= 0.6 is 0 Å². The molecular weight excluding hydrogens is 717 g/mol. The van der Waals surface area contributed by atoms with Crippen molar-refractivity contribution in [1.82, 2.24) is 4.90 Å². The Kier molecular flexibility index (Phi) is 22.5. The number of unbranched alkanes of at least 4 members (excludes halogenated alkanes) is 3. The van der Waals surface area contributed by atoms with Crippen LogP contribution in [0.3, 0.4) is 0 Å². The van der Waals surface area contributed by atoms with Crippen LogP contribution in [-0.2, 0) is 21.8 Å². The number of nitrogens with zero attached hydrogens (tertiary/aromatic N) is 1. The summed E-state index contributed by atoms with van der Waals surface area (Å²) < 4.78 is 66.3. The van der Waals surface area contributed by atoms with Gasteiger partial charge in [-0.05, 0) is 77.5 Å². The minimum atomic E-state index is -4.64. The Morgan fingerprint density at radius 1 is 0.745 bits per heavy atom. The first-order valence-electron chi connectivity index (χ1n) is 18.6. The number of alkyl halides is 5. The maximum atomic E-state index is 13.5. The molecule has 11 heteroatoms. The summed E-state index contributed by atoms with van der Waals surface area (Å²) in [5.74, 6) is -3.02. The number of likely N-dealkylation sites (tertiary alicyclic amines) is 1. The van der Waals surface area contributed by atoms with E-state index in [0.29, 0.717) is 25.7 Å². The van der Waals surface area contributed by atoms with Crippen LogP contribution in [-0.4, -0.2) is 56.1 Å². The summed E-state index contributed by atoms with van der Waals surface area (Å²) in [5.41, 5.74) is 1.55. The minimum Gasteiger partial charge on any atom is -0.392 e. The molecule has 3 atom stereocenters. The Labute approximate surface area is 325 Å². The van der Waals surface area contributed by atoms with Crippen molar-refractivity contribution in [3.8, 4) is 0 Å². The second-order valence-corrected chi connectivity index (χ2v) is 14.2. The van der Waals surface area contributed by atoms with Gasteiger partial charge in [0, 0.05) is 12.5 Å². The highest BCUT2D eigenvalue weighted by Crippen LogP contribution is 2.43. The van der Waals surface area contributed by atoms with E-state index in [4.69, 9.17) is 5.11 Å². The van der Waals surface area contributed by atoms with Crippen LogP contribution in [0.15, 0.2) is 72.8 Å². The SMILES string of the molecule is C.CC(C)N1C(=O)CC(=O)C1C.CCCCC(F)(F)C(O)c1ccc(C)cc1.CCCCCC(O)(c1ccc(C)cc1)C(F)(F)F.Cc1ccc(CO)cc1. The third-order valence-corrected chi connectivity index (χ3v) is 9.15. The fraction of sp³-hybridized carbons (Fsp3) is 0.545. The van der Waals surface area contributed by atoms with Crippen LogP contribution in [0.2, 0.25) is 0 Å². The van der Waals surface area contributed by atoms with Crippen molar-refractivity contribution < 1.29 is 46.9 Å². The molecule has 4 rings (SSSR count). The molecule has 0 radical (unpaired) electrons. The Balaban J connectivity index is 0.000000725. The number of hydrogen-bond donors (Lipinski definition) is 3. The molecule has 1 saturated heterocycles. The number of aryl methyl sites for hydroxylation is 3. The number of benzene rings is 3. The largest absolute Gasteiger partial charge is 0.421 e. The summed E-state index contributed by atoms with van der Waals surface area (Å²) in [5, 5.41) is 28.3. The summed E-state index contributed by atoms with van der Waals surface area (Å²) >= 11 is 0. The average Bonchev–Trinajstić information content (AvgIpc) is 3.38. The summed E-state index contributed by atoms with van der Waals surface area (Å²) in [6, 6.07) is 20.2. The van der Waals surface area contributed by atoms with Crippen molar-refractivity contribution in [2.24, 2.45) is 0 Å². The standard InChI is InChI=1S/C14H19F3O.C13H18F2O.C8H13NO2.C8H10O.CH4/c1-3-4-5-10-13(18,14(15,16)17)12-8-6-11(2)7-9-12;1-3-4-9-13(14,15)12(16)11-7-5-10(2)6-8-11;1-5(2)9-6(3)7(10)4-8(9)11;1-7-2-4-8(6-9)5-3-7;/h6-9,18H,3-5,10H2,1-2H3;5-8,12,16H,3-4,9H2,1-2H3;5-6H,4H2,1-3H3;2-5,9H,6H2,1H3;1H4. The average molecular weight is 782 g/mol. The number of halogens is 5. The molecule has 1 amide bonds. The van der Waals surface area contributed by atoms with E-state index >= 15 is 0 Å². The van der Waals surface area contributed by atoms with Crippen LogP contribution in [0, 0.1) is 20.8 Å². The maximum absolute atomic E-state index is 13.5. The maximum Gasteiger partial charge on any atom is 0.421 e. The van der Waals surface area contributed by atoms with E-state index in [9.17, 15) is 41.8 Å². The van der Waals surface area contributed by atoms with Crippen LogP contribution in [0.25, 0.3) is 0 Å². The van der Waals surface area contributed by atoms with Crippen molar-refractivity contribution in [3.05, 3.63) is 106 Å². The lowest BCUT2D eigenvalue weighted by Gasteiger charge is -2.31. The van der Waals surface area contributed by atoms with Gasteiger partial charge in [-0.15, -0.1) is 0 Å². The molecule has 0 saturated carbocycles. The van der Waals surface area contributed by atoms with Gasteiger partial charge in [-0.2, -0.15) is 13.2 Å². The molecule has 0 aliphatic carbocycles. The van der Waals surface area contributed by atoms with E-state index in [1.54, 1.807) is 55.1 Å². The highest BCUT2D eigenvalue weighted by atomic mass is 19.4. The summed E-state index contributed by atoms with van der Waals surface area (Å²) in [4.78, 5) is 23.8. The number of aliphatic hydroxyl groups excluding tert-OH is 2. The number of amides is 1. The number of aliphatic hydroxyl groups is 3. The van der Waals surface area contributed by atoms with Gasteiger partial charge in [-0.1, -0.05) is 130 Å². The van der Waals surface area contributed by atoms with Gasteiger partial charge in [0.05, 0.1) is 19.1 Å². The summed E-state index contributed by atoms with van der Waals surface area (Å²) in [7, 11) is 0. The van der Waals surface area contributed by atoms with Crippen molar-refractivity contribution in [2.75, 3.05) is 0 Å². The first kappa shape index (κ1) is 51.3. The van der Waals surface area contributed by atoms with Gasteiger partial charge >= 0.3 is 6.18 Å². The van der Waals surface area contributed by atoms with Gasteiger partial charge in [0.1, 0.15) is 6.10 Å². The van der Waals surface area contributed by atoms with E-state index in [-0.39, 0.29) is 68.2 Å². The second kappa shape index (κ2) is 24.1. The van der Waals surface area contributed by atoms with Gasteiger partial charge in [0.2, 0.25) is 5.91 Å². The molecule has 55 heavy (non-hydrogen) atoms. The molecule has 3 unspecified atom stereocenters. The minimum absolute atomic E-state index is 0. The van der Waals surface area contributed by atoms with Crippen molar-refractivity contribution in [3.63, 3.8) is 0 Å². The third kappa shape index (κ3) is 16.5. The number of Topliss-reactive ketones (excluding diaryl/α,β-unsaturated/α-hetero) is 1. The molecule has 0 bridgehead atoms. The topological polar surface area (TPSA) is 98.1 Å². The van der Waals surface area contributed by atoms with Crippen LogP contribution in [0.5, 0.6) is 0 Å². The zero-order valence-electron chi connectivity index (χ0n) is 33.0. The zero-order valence-corrected chi connectivity index (χ0v) is 33.0. The van der Waals surface area contributed by atoms with Crippen LogP contribution < -0.4 is 0 Å². The van der Waals surface area contributed by atoms with Crippen molar-refractivity contribution in [1.29, 1.82) is 0 Å². The lowest BCUT2D eigenvalue weighted by Crippen LogP contribution is -2.42. The normalized spacial score (nSPS) is 15.7. The monoisotopic (exact) mass is 781 g/mol. The third-order valence-electron chi connectivity index (χ3n) is 9.15. The Hall–Kier alpha value is -3.67. The number of ketones is 1. The molecular formula is C44H64F5NO5. The molecule has 0 spiro atoms. The Morgan fingerprint density at radius 2 is 1.20 bits per heavy atom. The second-order valence-electron chi connectivity index (χ2n) is 14.2. The summed E-state index contributed by atoms with van der Waals surface area (Å²) in [6.07, 6.45) is -3.79. The molecule has 3 aromatic carbocycles. The van der Waals surface area contributed by atoms with E-state index in [0.717, 1.165) is 23.1 Å². The predicted molar refractivity (Wildman–Crippen MR) is 211 cm³/mol. The lowest BCUT2D eigenvalue weighted by atomic mass is 9.87. The fourth-order valence-corrected chi connectivity index (χ4v) is 5.64. The number of rotatable bonds is 12. The molecule has 1 heterocycles. The summed E-state index contributed by atoms with van der Waals surface area (Å²) in [6.45, 7) is 15.3. The van der Waals surface area contributed by atoms with Gasteiger partial charge in [0.25, 0.3) is 5.92 Å². The molecule has 1 aliphatic rings. The highest BCUT2D eigenvalue weighted by Gasteiger charge is 2.54. The van der Waals surface area contributed by atoms with E-state index in [1.165, 1.54) is 17.7 Å². The number of carbonyl (C=O) groups is 2. The zero-order chi connectivity index (χ0) is 41.3. The smallest absolute Gasteiger partial charge is 0.392 e.